The zero-order valence-corrected chi connectivity index (χ0v) is 10.8. The lowest BCUT2D eigenvalue weighted by Crippen LogP contribution is -2.38. The minimum Gasteiger partial charge on any atom is -0.313 e. The monoisotopic (exact) mass is 212 g/mol. The topological polar surface area (TPSA) is 15.3 Å². The molecule has 1 aliphatic rings. The second kappa shape index (κ2) is 7.24. The van der Waals surface area contributed by atoms with Crippen molar-refractivity contribution >= 4 is 0 Å². The third-order valence-corrected chi connectivity index (χ3v) is 3.47. The number of rotatable bonds is 5. The van der Waals surface area contributed by atoms with Crippen molar-refractivity contribution in [2.24, 2.45) is 0 Å². The van der Waals surface area contributed by atoms with Gasteiger partial charge in [0.1, 0.15) is 0 Å². The van der Waals surface area contributed by atoms with E-state index >= 15 is 0 Å². The number of hydrogen-bond acceptors (Lipinski definition) is 2. The molecule has 0 amide bonds. The van der Waals surface area contributed by atoms with Gasteiger partial charge in [-0.25, -0.2) is 0 Å². The van der Waals surface area contributed by atoms with E-state index in [-0.39, 0.29) is 0 Å². The fourth-order valence-corrected chi connectivity index (χ4v) is 2.41. The molecule has 0 heterocycles. The van der Waals surface area contributed by atoms with Crippen LogP contribution in [-0.4, -0.2) is 37.1 Å². The third-order valence-electron chi connectivity index (χ3n) is 3.47. The smallest absolute Gasteiger partial charge is 0.0107 e. The largest absolute Gasteiger partial charge is 0.313 e. The average Bonchev–Trinajstić information content (AvgIpc) is 2.44. The van der Waals surface area contributed by atoms with Gasteiger partial charge in [-0.2, -0.15) is 0 Å². The molecule has 2 heteroatoms. The van der Waals surface area contributed by atoms with Gasteiger partial charge < -0.3 is 10.2 Å². The van der Waals surface area contributed by atoms with Crippen LogP contribution in [0.15, 0.2) is 0 Å². The molecule has 0 bridgehead atoms. The first kappa shape index (κ1) is 13.0. The van der Waals surface area contributed by atoms with Gasteiger partial charge in [0.05, 0.1) is 0 Å². The maximum absolute atomic E-state index is 3.49. The summed E-state index contributed by atoms with van der Waals surface area (Å²) in [7, 11) is 2.29. The van der Waals surface area contributed by atoms with Gasteiger partial charge in [0.25, 0.3) is 0 Å². The number of nitrogens with zero attached hydrogens (tertiary/aromatic N) is 1. The quantitative estimate of drug-likeness (QED) is 0.705. The number of nitrogens with one attached hydrogen (secondary N) is 1. The summed E-state index contributed by atoms with van der Waals surface area (Å²) >= 11 is 0. The van der Waals surface area contributed by atoms with Crippen LogP contribution in [0, 0.1) is 0 Å². The molecule has 0 unspecified atom stereocenters. The Labute approximate surface area is 95.4 Å². The molecular weight excluding hydrogens is 184 g/mol. The lowest BCUT2D eigenvalue weighted by atomic mass is 10.1. The third kappa shape index (κ3) is 5.53. The van der Waals surface area contributed by atoms with E-state index in [0.717, 1.165) is 12.6 Å². The van der Waals surface area contributed by atoms with Gasteiger partial charge in [0, 0.05) is 25.2 Å². The fraction of sp³-hybridized carbons (Fsp3) is 1.00. The van der Waals surface area contributed by atoms with Gasteiger partial charge in [-0.05, 0) is 19.9 Å². The van der Waals surface area contributed by atoms with Crippen LogP contribution in [0.4, 0.5) is 0 Å². The molecule has 2 nitrogen and oxygen atoms in total. The number of hydrogen-bond donors (Lipinski definition) is 1. The molecule has 0 aromatic heterocycles. The summed E-state index contributed by atoms with van der Waals surface area (Å²) in [5, 5.41) is 3.49. The van der Waals surface area contributed by atoms with E-state index in [1.54, 1.807) is 0 Å². The van der Waals surface area contributed by atoms with Crippen LogP contribution < -0.4 is 5.32 Å². The van der Waals surface area contributed by atoms with Gasteiger partial charge >= 0.3 is 0 Å². The van der Waals surface area contributed by atoms with Crippen LogP contribution in [0.5, 0.6) is 0 Å². The van der Waals surface area contributed by atoms with Crippen LogP contribution in [0.3, 0.4) is 0 Å². The maximum Gasteiger partial charge on any atom is 0.0107 e. The summed E-state index contributed by atoms with van der Waals surface area (Å²) < 4.78 is 0. The summed E-state index contributed by atoms with van der Waals surface area (Å²) in [6.07, 6.45) is 8.61. The second-order valence-corrected chi connectivity index (χ2v) is 5.23. The Balaban J connectivity index is 2.16. The lowest BCUT2D eigenvalue weighted by Gasteiger charge is -2.27. The molecule has 0 aromatic rings. The Morgan fingerprint density at radius 1 is 1.13 bits per heavy atom. The molecule has 0 aliphatic heterocycles. The van der Waals surface area contributed by atoms with Crippen molar-refractivity contribution < 1.29 is 0 Å². The fourth-order valence-electron chi connectivity index (χ4n) is 2.41. The molecule has 0 aromatic carbocycles. The van der Waals surface area contributed by atoms with Crippen molar-refractivity contribution in [3.63, 3.8) is 0 Å². The van der Waals surface area contributed by atoms with Crippen molar-refractivity contribution in [2.75, 3.05) is 20.1 Å². The normalized spacial score (nSPS) is 19.8. The van der Waals surface area contributed by atoms with Gasteiger partial charge in [-0.15, -0.1) is 0 Å². The summed E-state index contributed by atoms with van der Waals surface area (Å²) in [6, 6.07) is 1.47. The Morgan fingerprint density at radius 3 is 2.27 bits per heavy atom. The highest BCUT2D eigenvalue weighted by Gasteiger charge is 2.16. The van der Waals surface area contributed by atoms with E-state index in [4.69, 9.17) is 0 Å². The van der Waals surface area contributed by atoms with E-state index in [1.165, 1.54) is 45.1 Å². The Hall–Kier alpha value is -0.0800. The zero-order valence-electron chi connectivity index (χ0n) is 10.8. The van der Waals surface area contributed by atoms with E-state index in [1.807, 2.05) is 0 Å². The first-order chi connectivity index (χ1) is 7.20. The van der Waals surface area contributed by atoms with E-state index < -0.39 is 0 Å². The minimum atomic E-state index is 0.618. The Morgan fingerprint density at radius 2 is 1.73 bits per heavy atom. The van der Waals surface area contributed by atoms with Crippen LogP contribution in [0.1, 0.15) is 52.4 Å². The molecule has 1 N–H and O–H groups in total. The van der Waals surface area contributed by atoms with Crippen LogP contribution in [0.2, 0.25) is 0 Å². The summed E-state index contributed by atoms with van der Waals surface area (Å²) in [5.74, 6) is 0. The summed E-state index contributed by atoms with van der Waals surface area (Å²) in [6.45, 7) is 6.75. The molecule has 0 radical (unpaired) electrons. The molecule has 0 spiro atoms. The SMILES string of the molecule is CC(C)NCCN(C)C1CCCCCC1. The lowest BCUT2D eigenvalue weighted by molar-refractivity contribution is 0.219. The molecule has 0 saturated heterocycles. The van der Waals surface area contributed by atoms with Crippen molar-refractivity contribution in [2.45, 2.75) is 64.5 Å². The summed E-state index contributed by atoms with van der Waals surface area (Å²) in [4.78, 5) is 2.56. The Bertz CT molecular complexity index is 149. The van der Waals surface area contributed by atoms with Gasteiger partial charge in [0.2, 0.25) is 0 Å². The summed E-state index contributed by atoms with van der Waals surface area (Å²) in [5.41, 5.74) is 0. The van der Waals surface area contributed by atoms with E-state index in [9.17, 15) is 0 Å². The van der Waals surface area contributed by atoms with Crippen molar-refractivity contribution in [3.8, 4) is 0 Å². The molecular formula is C13H28N2. The molecule has 1 saturated carbocycles. The van der Waals surface area contributed by atoms with Crippen molar-refractivity contribution in [3.05, 3.63) is 0 Å². The highest BCUT2D eigenvalue weighted by molar-refractivity contribution is 4.72. The van der Waals surface area contributed by atoms with Crippen molar-refractivity contribution in [1.29, 1.82) is 0 Å². The first-order valence-electron chi connectivity index (χ1n) is 6.64. The van der Waals surface area contributed by atoms with Crippen LogP contribution >= 0.6 is 0 Å². The van der Waals surface area contributed by atoms with Crippen LogP contribution in [0.25, 0.3) is 0 Å². The number of likely N-dealkylation sites (N-methyl/N-ethyl adjacent to an activating group) is 1. The van der Waals surface area contributed by atoms with Gasteiger partial charge in [-0.1, -0.05) is 39.5 Å². The first-order valence-corrected chi connectivity index (χ1v) is 6.64. The van der Waals surface area contributed by atoms with Gasteiger partial charge in [0.15, 0.2) is 0 Å². The molecule has 0 atom stereocenters. The highest BCUT2D eigenvalue weighted by Crippen LogP contribution is 2.20. The molecule has 1 rings (SSSR count). The molecule has 90 valence electrons. The van der Waals surface area contributed by atoms with Gasteiger partial charge in [-0.3, -0.25) is 0 Å². The standard InChI is InChI=1S/C13H28N2/c1-12(2)14-10-11-15(3)13-8-6-4-5-7-9-13/h12-14H,4-11H2,1-3H3. The zero-order chi connectivity index (χ0) is 11.1. The highest BCUT2D eigenvalue weighted by atomic mass is 15.1. The predicted octanol–water partition coefficient (Wildman–Crippen LogP) is 2.64. The molecule has 1 aliphatic carbocycles. The van der Waals surface area contributed by atoms with Crippen molar-refractivity contribution in [1.82, 2.24) is 10.2 Å². The predicted molar refractivity (Wildman–Crippen MR) is 67.3 cm³/mol. The van der Waals surface area contributed by atoms with E-state index in [0.29, 0.717) is 6.04 Å². The maximum atomic E-state index is 3.49. The Kier molecular flexibility index (Phi) is 6.26. The average molecular weight is 212 g/mol. The minimum absolute atomic E-state index is 0.618. The molecule has 15 heavy (non-hydrogen) atoms. The van der Waals surface area contributed by atoms with Crippen LogP contribution in [-0.2, 0) is 0 Å². The second-order valence-electron chi connectivity index (χ2n) is 5.23. The molecule has 1 fully saturated rings. The van der Waals surface area contributed by atoms with E-state index in [2.05, 4.69) is 31.1 Å².